The molecule has 376 valence electrons. The van der Waals surface area contributed by atoms with Gasteiger partial charge in [-0.15, -0.1) is 0 Å². The second kappa shape index (κ2) is 23.8. The summed E-state index contributed by atoms with van der Waals surface area (Å²) in [4.78, 5) is 53.1. The minimum Gasteiger partial charge on any atom is -0.448 e. The molecule has 0 spiro atoms. The lowest BCUT2D eigenvalue weighted by Crippen LogP contribution is -2.53. The van der Waals surface area contributed by atoms with Crippen LogP contribution in [0, 0.1) is 18.8 Å². The first kappa shape index (κ1) is 51.2. The standard InChI is InChI=1S/C53H63ClN8O9/c1-32-11-5-6-14-36(32)25-34(26-58-51(67)45-49(55)60-50(56)48(54)59-45)29-62(53(68)70-30-41-39-17-9-7-15-37(39)38-16-8-10-18-40(38)41)28-33-20-23-61(24-21-33)44(65)19-22-57-27-42(63)46(66)47-43(64)31-69-52(71-47)35-12-3-2-4-13-35/h2-18,33-34,41-43,46-47,52,57,63-64,66H,19-31H2,1H3,(H,58,67)(H4,55,56,60)/t34-,42-,43+,46+,47+,52+/m0/s1. The zero-order chi connectivity index (χ0) is 50.0. The number of amides is 3. The number of nitrogens with zero attached hydrogens (tertiary/aromatic N) is 4. The topological polar surface area (TPSA) is 248 Å². The van der Waals surface area contributed by atoms with Crippen molar-refractivity contribution in [1.29, 1.82) is 0 Å². The molecule has 0 radical (unpaired) electrons. The summed E-state index contributed by atoms with van der Waals surface area (Å²) in [7, 11) is 0. The number of aliphatic hydroxyl groups excluding tert-OH is 3. The zero-order valence-corrected chi connectivity index (χ0v) is 40.5. The minimum absolute atomic E-state index is 0.0297. The Morgan fingerprint density at radius 2 is 1.55 bits per heavy atom. The van der Waals surface area contributed by atoms with E-state index in [-0.39, 0.29) is 92.0 Å². The highest BCUT2D eigenvalue weighted by molar-refractivity contribution is 6.31. The van der Waals surface area contributed by atoms with E-state index in [2.05, 4.69) is 44.9 Å². The summed E-state index contributed by atoms with van der Waals surface area (Å²) >= 11 is 6.12. The van der Waals surface area contributed by atoms with E-state index in [0.717, 1.165) is 38.9 Å². The van der Waals surface area contributed by atoms with Crippen molar-refractivity contribution in [2.45, 2.75) is 69.2 Å². The van der Waals surface area contributed by atoms with Crippen LogP contribution in [-0.4, -0.2) is 136 Å². The van der Waals surface area contributed by atoms with Crippen LogP contribution >= 0.6 is 11.6 Å². The molecule has 0 unspecified atom stereocenters. The fourth-order valence-electron chi connectivity index (χ4n) is 9.77. The number of anilines is 2. The third-order valence-electron chi connectivity index (χ3n) is 13.7. The van der Waals surface area contributed by atoms with Crippen molar-refractivity contribution in [3.05, 3.63) is 142 Å². The van der Waals surface area contributed by atoms with Gasteiger partial charge < -0.3 is 61.4 Å². The third kappa shape index (κ3) is 12.7. The van der Waals surface area contributed by atoms with Gasteiger partial charge in [0, 0.05) is 63.7 Å². The minimum atomic E-state index is -1.41. The molecule has 17 nitrogen and oxygen atoms in total. The van der Waals surface area contributed by atoms with Crippen molar-refractivity contribution in [1.82, 2.24) is 30.4 Å². The lowest BCUT2D eigenvalue weighted by atomic mass is 9.93. The summed E-state index contributed by atoms with van der Waals surface area (Å²) in [6.07, 6.45) is -4.19. The fourth-order valence-corrected chi connectivity index (χ4v) is 9.89. The van der Waals surface area contributed by atoms with Gasteiger partial charge in [0.15, 0.2) is 28.8 Å². The Bertz CT molecular complexity index is 2580. The number of hydrogen-bond acceptors (Lipinski definition) is 14. The number of carbonyl (C=O) groups is 3. The third-order valence-corrected chi connectivity index (χ3v) is 14.0. The highest BCUT2D eigenvalue weighted by Crippen LogP contribution is 2.44. The lowest BCUT2D eigenvalue weighted by molar-refractivity contribution is -0.282. The quantitative estimate of drug-likeness (QED) is 0.0547. The average Bonchev–Trinajstić information content (AvgIpc) is 3.71. The number of piperidine rings is 1. The SMILES string of the molecule is Cc1ccccc1C[C@@H](CNC(=O)c1nc(Cl)c(N)nc1N)CN(CC1CCN(C(=O)CCNC[C@H](O)[C@@H](O)[C@@H]2O[C@H](c3ccccc3)OC[C@H]2O)CC1)C(=O)OCC1c2ccccc2-c2ccccc21. The van der Waals surface area contributed by atoms with Gasteiger partial charge in [-0.3, -0.25) is 9.59 Å². The molecule has 1 aliphatic carbocycles. The number of likely N-dealkylation sites (tertiary alicyclic amines) is 1. The summed E-state index contributed by atoms with van der Waals surface area (Å²) in [6, 6.07) is 33.5. The molecular formula is C53H63ClN8O9. The maximum atomic E-state index is 14.5. The van der Waals surface area contributed by atoms with E-state index in [4.69, 9.17) is 37.3 Å². The molecule has 18 heteroatoms. The highest BCUT2D eigenvalue weighted by Gasteiger charge is 2.39. The lowest BCUT2D eigenvalue weighted by Gasteiger charge is -2.38. The van der Waals surface area contributed by atoms with E-state index in [1.54, 1.807) is 4.90 Å². The van der Waals surface area contributed by atoms with Gasteiger partial charge in [-0.1, -0.05) is 115 Å². The van der Waals surface area contributed by atoms with Crippen molar-refractivity contribution in [3.63, 3.8) is 0 Å². The van der Waals surface area contributed by atoms with Crippen LogP contribution in [0.2, 0.25) is 5.15 Å². The number of nitrogen functional groups attached to an aromatic ring is 2. The second-order valence-electron chi connectivity index (χ2n) is 18.6. The van der Waals surface area contributed by atoms with Crippen molar-refractivity contribution in [2.75, 3.05) is 70.5 Å². The number of benzene rings is 4. The number of aromatic nitrogens is 2. The highest BCUT2D eigenvalue weighted by atomic mass is 35.5. The predicted octanol–water partition coefficient (Wildman–Crippen LogP) is 4.86. The average molecular weight is 992 g/mol. The van der Waals surface area contributed by atoms with Crippen LogP contribution in [0.4, 0.5) is 16.4 Å². The number of hydrogen-bond donors (Lipinski definition) is 7. The number of rotatable bonds is 19. The Balaban J connectivity index is 0.896. The molecule has 3 aliphatic rings. The van der Waals surface area contributed by atoms with Crippen molar-refractivity contribution < 1.29 is 43.9 Å². The van der Waals surface area contributed by atoms with E-state index >= 15 is 0 Å². The van der Waals surface area contributed by atoms with Gasteiger partial charge in [0.1, 0.15) is 24.9 Å². The number of aliphatic hydroxyl groups is 3. The number of nitrogens with two attached hydrogens (primary N) is 2. The Labute approximate surface area is 418 Å². The van der Waals surface area contributed by atoms with Gasteiger partial charge >= 0.3 is 6.09 Å². The second-order valence-corrected chi connectivity index (χ2v) is 19.0. The van der Waals surface area contributed by atoms with Crippen LogP contribution in [-0.2, 0) is 25.4 Å². The van der Waals surface area contributed by atoms with Crippen LogP contribution < -0.4 is 22.1 Å². The molecule has 2 aliphatic heterocycles. The maximum Gasteiger partial charge on any atom is 0.409 e. The number of halogens is 1. The maximum absolute atomic E-state index is 14.5. The Kier molecular flexibility index (Phi) is 17.2. The first-order valence-corrected chi connectivity index (χ1v) is 24.6. The van der Waals surface area contributed by atoms with Gasteiger partial charge in [-0.25, -0.2) is 14.8 Å². The van der Waals surface area contributed by atoms with E-state index in [9.17, 15) is 29.7 Å². The number of ether oxygens (including phenoxy) is 3. The largest absolute Gasteiger partial charge is 0.448 e. The Morgan fingerprint density at radius 1 is 0.887 bits per heavy atom. The molecule has 2 saturated heterocycles. The van der Waals surface area contributed by atoms with Gasteiger partial charge in [0.2, 0.25) is 5.91 Å². The molecule has 4 aromatic carbocycles. The van der Waals surface area contributed by atoms with E-state index < -0.39 is 42.7 Å². The van der Waals surface area contributed by atoms with E-state index in [1.807, 2.05) is 90.7 Å². The molecule has 0 saturated carbocycles. The summed E-state index contributed by atoms with van der Waals surface area (Å²) < 4.78 is 17.7. The monoisotopic (exact) mass is 990 g/mol. The summed E-state index contributed by atoms with van der Waals surface area (Å²) in [5, 5.41) is 38.1. The van der Waals surface area contributed by atoms with Crippen LogP contribution in [0.15, 0.2) is 103 Å². The van der Waals surface area contributed by atoms with Crippen molar-refractivity contribution in [2.24, 2.45) is 11.8 Å². The predicted molar refractivity (Wildman–Crippen MR) is 268 cm³/mol. The number of carbonyl (C=O) groups excluding carboxylic acids is 3. The van der Waals surface area contributed by atoms with Crippen molar-refractivity contribution >= 4 is 41.1 Å². The molecule has 1 aromatic heterocycles. The van der Waals surface area contributed by atoms with Crippen LogP contribution in [0.3, 0.4) is 0 Å². The Hall–Kier alpha value is -6.18. The normalized spacial score (nSPS) is 19.3. The van der Waals surface area contributed by atoms with Gasteiger partial charge in [-0.05, 0) is 71.4 Å². The number of aryl methyl sites for hydroxylation is 1. The molecule has 8 rings (SSSR count). The molecule has 2 fully saturated rings. The number of fused-ring (bicyclic) bond motifs is 3. The van der Waals surface area contributed by atoms with Crippen LogP contribution in [0.25, 0.3) is 11.1 Å². The van der Waals surface area contributed by atoms with Gasteiger partial charge in [0.25, 0.3) is 5.91 Å². The summed E-state index contributed by atoms with van der Waals surface area (Å²) in [5.74, 6) is -1.28. The first-order valence-electron chi connectivity index (χ1n) is 24.2. The molecule has 71 heavy (non-hydrogen) atoms. The van der Waals surface area contributed by atoms with Crippen molar-refractivity contribution in [3.8, 4) is 11.1 Å². The molecular weight excluding hydrogens is 928 g/mol. The van der Waals surface area contributed by atoms with Crippen LogP contribution in [0.5, 0.6) is 0 Å². The molecule has 5 aromatic rings. The number of nitrogens with one attached hydrogen (secondary N) is 2. The van der Waals surface area contributed by atoms with Gasteiger partial charge in [0.05, 0.1) is 12.7 Å². The molecule has 3 amide bonds. The smallest absolute Gasteiger partial charge is 0.409 e. The molecule has 9 N–H and O–H groups in total. The summed E-state index contributed by atoms with van der Waals surface area (Å²) in [5.41, 5.74) is 18.9. The summed E-state index contributed by atoms with van der Waals surface area (Å²) in [6.45, 7) is 4.05. The molecule has 6 atom stereocenters. The zero-order valence-electron chi connectivity index (χ0n) is 39.7. The first-order chi connectivity index (χ1) is 34.3. The Morgan fingerprint density at radius 3 is 2.25 bits per heavy atom. The fraction of sp³-hybridized carbons (Fsp3) is 0.415. The van der Waals surface area contributed by atoms with Gasteiger partial charge in [-0.2, -0.15) is 0 Å². The molecule has 0 bridgehead atoms. The molecule has 3 heterocycles. The van der Waals surface area contributed by atoms with E-state index in [1.165, 1.54) is 0 Å². The van der Waals surface area contributed by atoms with E-state index in [0.29, 0.717) is 38.9 Å². The van der Waals surface area contributed by atoms with Crippen LogP contribution in [0.1, 0.15) is 69.8 Å².